The lowest BCUT2D eigenvalue weighted by Gasteiger charge is -2.11. The number of thiophene rings is 1. The molecule has 0 saturated carbocycles. The van der Waals surface area contributed by atoms with Gasteiger partial charge in [-0.2, -0.15) is 0 Å². The predicted molar refractivity (Wildman–Crippen MR) is 112 cm³/mol. The van der Waals surface area contributed by atoms with E-state index >= 15 is 0 Å². The molecule has 0 bridgehead atoms. The first-order chi connectivity index (χ1) is 12.9. The number of carbonyl (C=O) groups excluding carboxylic acids is 1. The summed E-state index contributed by atoms with van der Waals surface area (Å²) in [5, 5.41) is 0.431. The van der Waals surface area contributed by atoms with E-state index < -0.39 is 0 Å². The molecule has 0 aliphatic rings. The zero-order valence-corrected chi connectivity index (χ0v) is 17.4. The maximum Gasteiger partial charge on any atom is 0.259 e. The van der Waals surface area contributed by atoms with Crippen molar-refractivity contribution in [3.05, 3.63) is 56.4 Å². The van der Waals surface area contributed by atoms with Crippen LogP contribution in [-0.2, 0) is 5.75 Å². The molecule has 27 heavy (non-hydrogen) atoms. The first-order valence-electron chi connectivity index (χ1n) is 8.78. The SMILES string of the molecule is CCOc1ccc(C(=O)[C@@H](C)SCc2nc3sc(C)c(C)c3c(=O)[nH]2)cc1. The Morgan fingerprint density at radius 2 is 2.00 bits per heavy atom. The second kappa shape index (κ2) is 8.27. The van der Waals surface area contributed by atoms with Crippen LogP contribution in [0.15, 0.2) is 29.1 Å². The first kappa shape index (κ1) is 19.6. The molecule has 0 aliphatic carbocycles. The number of ether oxygens (including phenoxy) is 1. The van der Waals surface area contributed by atoms with Crippen LogP contribution in [0.3, 0.4) is 0 Å². The Bertz CT molecular complexity index is 1020. The van der Waals surface area contributed by atoms with E-state index in [1.54, 1.807) is 12.1 Å². The minimum Gasteiger partial charge on any atom is -0.494 e. The van der Waals surface area contributed by atoms with Crippen LogP contribution in [0.5, 0.6) is 5.75 Å². The topological polar surface area (TPSA) is 72.0 Å². The molecule has 7 heteroatoms. The normalized spacial score (nSPS) is 12.3. The Morgan fingerprint density at radius 1 is 1.30 bits per heavy atom. The van der Waals surface area contributed by atoms with Gasteiger partial charge in [0, 0.05) is 10.4 Å². The number of benzene rings is 1. The van der Waals surface area contributed by atoms with Crippen LogP contribution in [0.2, 0.25) is 0 Å². The maximum absolute atomic E-state index is 12.6. The van der Waals surface area contributed by atoms with Gasteiger partial charge in [-0.1, -0.05) is 0 Å². The van der Waals surface area contributed by atoms with E-state index in [9.17, 15) is 9.59 Å². The number of hydrogen-bond acceptors (Lipinski definition) is 6. The first-order valence-corrected chi connectivity index (χ1v) is 10.6. The van der Waals surface area contributed by atoms with E-state index in [4.69, 9.17) is 4.74 Å². The van der Waals surface area contributed by atoms with Gasteiger partial charge in [0.15, 0.2) is 5.78 Å². The number of hydrogen-bond donors (Lipinski definition) is 1. The number of H-pyrrole nitrogens is 1. The van der Waals surface area contributed by atoms with Crippen molar-refractivity contribution >= 4 is 39.1 Å². The van der Waals surface area contributed by atoms with E-state index in [0.29, 0.717) is 29.1 Å². The Labute approximate surface area is 166 Å². The van der Waals surface area contributed by atoms with Gasteiger partial charge in [-0.05, 0) is 57.5 Å². The molecule has 0 saturated heterocycles. The number of aromatic amines is 1. The quantitative estimate of drug-likeness (QED) is 0.589. The number of Topliss-reactive ketones (excluding diaryl/α,β-unsaturated/α-hetero) is 1. The molecule has 1 N–H and O–H groups in total. The number of rotatable bonds is 7. The van der Waals surface area contributed by atoms with Crippen molar-refractivity contribution in [3.8, 4) is 5.75 Å². The molecule has 0 unspecified atom stereocenters. The molecule has 142 valence electrons. The summed E-state index contributed by atoms with van der Waals surface area (Å²) in [5.74, 6) is 1.89. The Balaban J connectivity index is 1.69. The Kier molecular flexibility index (Phi) is 6.01. The number of carbonyl (C=O) groups is 1. The molecular weight excluding hydrogens is 380 g/mol. The minimum absolute atomic E-state index is 0.0503. The zero-order valence-electron chi connectivity index (χ0n) is 15.8. The highest BCUT2D eigenvalue weighted by Gasteiger charge is 2.17. The fourth-order valence-corrected chi connectivity index (χ4v) is 4.64. The summed E-state index contributed by atoms with van der Waals surface area (Å²) in [6.45, 7) is 8.33. The maximum atomic E-state index is 12.6. The van der Waals surface area contributed by atoms with E-state index in [1.165, 1.54) is 23.1 Å². The summed E-state index contributed by atoms with van der Waals surface area (Å²) in [6.07, 6.45) is 0. The van der Waals surface area contributed by atoms with Crippen LogP contribution >= 0.6 is 23.1 Å². The van der Waals surface area contributed by atoms with Crippen molar-refractivity contribution in [2.24, 2.45) is 0 Å². The molecule has 3 aromatic rings. The smallest absolute Gasteiger partial charge is 0.259 e. The number of thioether (sulfide) groups is 1. The highest BCUT2D eigenvalue weighted by Crippen LogP contribution is 2.27. The van der Waals surface area contributed by atoms with E-state index in [2.05, 4.69) is 9.97 Å². The molecule has 0 radical (unpaired) electrons. The molecular formula is C20H22N2O3S2. The van der Waals surface area contributed by atoms with Gasteiger partial charge < -0.3 is 9.72 Å². The van der Waals surface area contributed by atoms with Crippen molar-refractivity contribution < 1.29 is 9.53 Å². The summed E-state index contributed by atoms with van der Waals surface area (Å²) < 4.78 is 5.41. The third-order valence-electron chi connectivity index (χ3n) is 4.38. The van der Waals surface area contributed by atoms with Gasteiger partial charge in [0.25, 0.3) is 5.56 Å². The second-order valence-corrected chi connectivity index (χ2v) is 8.78. The van der Waals surface area contributed by atoms with Gasteiger partial charge in [-0.15, -0.1) is 23.1 Å². The second-order valence-electron chi connectivity index (χ2n) is 6.25. The summed E-state index contributed by atoms with van der Waals surface area (Å²) in [7, 11) is 0. The number of nitrogens with one attached hydrogen (secondary N) is 1. The zero-order chi connectivity index (χ0) is 19.6. The number of fused-ring (bicyclic) bond motifs is 1. The molecule has 1 aromatic carbocycles. The Morgan fingerprint density at radius 3 is 2.67 bits per heavy atom. The third-order valence-corrected chi connectivity index (χ3v) is 6.63. The van der Waals surface area contributed by atoms with Crippen molar-refractivity contribution in [2.45, 2.75) is 38.7 Å². The predicted octanol–water partition coefficient (Wildman–Crippen LogP) is 4.50. The molecule has 0 aliphatic heterocycles. The summed E-state index contributed by atoms with van der Waals surface area (Å²) in [5.41, 5.74) is 1.53. The van der Waals surface area contributed by atoms with Crippen molar-refractivity contribution in [3.63, 3.8) is 0 Å². The minimum atomic E-state index is -0.240. The number of aromatic nitrogens is 2. The van der Waals surface area contributed by atoms with Gasteiger partial charge >= 0.3 is 0 Å². The van der Waals surface area contributed by atoms with Crippen LogP contribution in [-0.4, -0.2) is 27.6 Å². The average Bonchev–Trinajstić information content (AvgIpc) is 2.94. The summed E-state index contributed by atoms with van der Waals surface area (Å²) >= 11 is 3.00. The van der Waals surface area contributed by atoms with Crippen LogP contribution in [0, 0.1) is 13.8 Å². The van der Waals surface area contributed by atoms with E-state index in [-0.39, 0.29) is 16.6 Å². The third kappa shape index (κ3) is 4.25. The van der Waals surface area contributed by atoms with Gasteiger partial charge in [0.05, 0.1) is 23.0 Å². The van der Waals surface area contributed by atoms with Crippen molar-refractivity contribution in [1.82, 2.24) is 9.97 Å². The number of aryl methyl sites for hydroxylation is 2. The molecule has 5 nitrogen and oxygen atoms in total. The molecule has 2 heterocycles. The molecule has 0 amide bonds. The summed E-state index contributed by atoms with van der Waals surface area (Å²) in [6, 6.07) is 7.19. The number of ketones is 1. The van der Waals surface area contributed by atoms with Gasteiger partial charge in [0.2, 0.25) is 0 Å². The lowest BCUT2D eigenvalue weighted by atomic mass is 10.1. The molecule has 1 atom stereocenters. The fraction of sp³-hybridized carbons (Fsp3) is 0.350. The molecule has 0 spiro atoms. The highest BCUT2D eigenvalue weighted by molar-refractivity contribution is 7.99. The summed E-state index contributed by atoms with van der Waals surface area (Å²) in [4.78, 5) is 34.2. The molecule has 2 aromatic heterocycles. The lowest BCUT2D eigenvalue weighted by molar-refractivity contribution is 0.0994. The van der Waals surface area contributed by atoms with Gasteiger partial charge in [0.1, 0.15) is 16.4 Å². The van der Waals surface area contributed by atoms with Crippen LogP contribution in [0.25, 0.3) is 10.2 Å². The molecule has 3 rings (SSSR count). The van der Waals surface area contributed by atoms with E-state index in [1.807, 2.05) is 39.8 Å². The van der Waals surface area contributed by atoms with Gasteiger partial charge in [-0.3, -0.25) is 9.59 Å². The van der Waals surface area contributed by atoms with E-state index in [0.717, 1.165) is 21.0 Å². The standard InChI is InChI=1S/C20H22N2O3S2/c1-5-25-15-8-6-14(7-9-15)18(23)13(4)26-10-16-21-19(24)17-11(2)12(3)27-20(17)22-16/h6-9,13H,5,10H2,1-4H3,(H,21,22,24)/t13-/m1/s1. The van der Waals surface area contributed by atoms with Crippen molar-refractivity contribution in [2.75, 3.05) is 6.61 Å². The lowest BCUT2D eigenvalue weighted by Crippen LogP contribution is -2.15. The van der Waals surface area contributed by atoms with Crippen LogP contribution < -0.4 is 10.3 Å². The van der Waals surface area contributed by atoms with Crippen LogP contribution in [0.4, 0.5) is 0 Å². The fourth-order valence-electron chi connectivity index (χ4n) is 2.76. The van der Waals surface area contributed by atoms with Gasteiger partial charge in [-0.25, -0.2) is 4.98 Å². The molecule has 0 fully saturated rings. The highest BCUT2D eigenvalue weighted by atomic mass is 32.2. The number of nitrogens with zero attached hydrogens (tertiary/aromatic N) is 1. The van der Waals surface area contributed by atoms with Crippen molar-refractivity contribution in [1.29, 1.82) is 0 Å². The Hall–Kier alpha value is -2.12. The largest absolute Gasteiger partial charge is 0.494 e. The van der Waals surface area contributed by atoms with Crippen LogP contribution in [0.1, 0.15) is 40.5 Å². The average molecular weight is 403 g/mol. The monoisotopic (exact) mass is 402 g/mol.